The van der Waals surface area contributed by atoms with Crippen LogP contribution in [0.25, 0.3) is 0 Å². The second-order valence-electron chi connectivity index (χ2n) is 9.29. The first-order valence-corrected chi connectivity index (χ1v) is 8.68. The van der Waals surface area contributed by atoms with Crippen LogP contribution < -0.4 is 0 Å². The van der Waals surface area contributed by atoms with E-state index >= 15 is 0 Å². The predicted octanol–water partition coefficient (Wildman–Crippen LogP) is 5.75. The number of nitrogens with zero attached hydrogens (tertiary/aromatic N) is 1. The summed E-state index contributed by atoms with van der Waals surface area (Å²) in [5.74, 6) is 1.43. The van der Waals surface area contributed by atoms with Crippen LogP contribution in [0, 0.1) is 11.8 Å². The lowest BCUT2D eigenvalue weighted by Gasteiger charge is -2.26. The molecule has 0 N–H and O–H groups in total. The van der Waals surface area contributed by atoms with Gasteiger partial charge in [0.15, 0.2) is 0 Å². The first-order chi connectivity index (χ1) is 9.98. The quantitative estimate of drug-likeness (QED) is 0.659. The van der Waals surface area contributed by atoms with E-state index in [9.17, 15) is 0 Å². The fourth-order valence-corrected chi connectivity index (χ4v) is 2.92. The first-order valence-electron chi connectivity index (χ1n) is 8.68. The van der Waals surface area contributed by atoms with E-state index in [1.807, 2.05) is 0 Å². The van der Waals surface area contributed by atoms with Gasteiger partial charge in [0.1, 0.15) is 0 Å². The average Bonchev–Trinajstić information content (AvgIpc) is 2.85. The van der Waals surface area contributed by atoms with Crippen molar-refractivity contribution in [3.05, 3.63) is 34.9 Å². The molecule has 1 aliphatic rings. The number of aliphatic imine (C=N–C) groups is 1. The van der Waals surface area contributed by atoms with Crippen LogP contribution in [-0.2, 0) is 10.8 Å². The number of hydrogen-bond donors (Lipinski definition) is 0. The van der Waals surface area contributed by atoms with Gasteiger partial charge in [-0.2, -0.15) is 0 Å². The van der Waals surface area contributed by atoms with Crippen LogP contribution in [-0.4, -0.2) is 12.3 Å². The van der Waals surface area contributed by atoms with Gasteiger partial charge in [-0.15, -0.1) is 0 Å². The summed E-state index contributed by atoms with van der Waals surface area (Å²) in [6.45, 7) is 19.4. The van der Waals surface area contributed by atoms with Gasteiger partial charge >= 0.3 is 0 Å². The second kappa shape index (κ2) is 5.83. The minimum absolute atomic E-state index is 0.173. The molecule has 22 heavy (non-hydrogen) atoms. The van der Waals surface area contributed by atoms with Crippen LogP contribution >= 0.6 is 0 Å². The van der Waals surface area contributed by atoms with Gasteiger partial charge in [-0.05, 0) is 57.9 Å². The number of hydrogen-bond acceptors (Lipinski definition) is 1. The Morgan fingerprint density at radius 3 is 1.77 bits per heavy atom. The molecule has 1 aromatic carbocycles. The van der Waals surface area contributed by atoms with Gasteiger partial charge < -0.3 is 0 Å². The first kappa shape index (κ1) is 17.2. The zero-order valence-corrected chi connectivity index (χ0v) is 15.7. The summed E-state index contributed by atoms with van der Waals surface area (Å²) in [4.78, 5) is 4.87. The van der Waals surface area contributed by atoms with Gasteiger partial charge in [0.05, 0.1) is 0 Å². The smallest absolute Gasteiger partial charge is 0.0427 e. The third kappa shape index (κ3) is 3.80. The molecule has 122 valence electrons. The highest BCUT2D eigenvalue weighted by molar-refractivity contribution is 6.02. The molecule has 1 atom stereocenters. The normalized spacial score (nSPS) is 19.7. The van der Waals surface area contributed by atoms with Crippen LogP contribution in [0.1, 0.15) is 78.5 Å². The van der Waals surface area contributed by atoms with Gasteiger partial charge in [-0.1, -0.05) is 61.5 Å². The molecule has 1 heteroatoms. The van der Waals surface area contributed by atoms with Crippen LogP contribution in [0.5, 0.6) is 0 Å². The molecule has 1 aliphatic heterocycles. The minimum atomic E-state index is 0.173. The largest absolute Gasteiger partial charge is 0.289 e. The topological polar surface area (TPSA) is 12.4 Å². The molecular formula is C21H33N. The third-order valence-electron chi connectivity index (χ3n) is 4.91. The highest BCUT2D eigenvalue weighted by atomic mass is 14.8. The van der Waals surface area contributed by atoms with Crippen molar-refractivity contribution >= 4 is 5.71 Å². The van der Waals surface area contributed by atoms with E-state index in [0.717, 1.165) is 13.0 Å². The van der Waals surface area contributed by atoms with E-state index < -0.39 is 0 Å². The number of benzene rings is 1. The van der Waals surface area contributed by atoms with Gasteiger partial charge in [0.25, 0.3) is 0 Å². The predicted molar refractivity (Wildman–Crippen MR) is 98.2 cm³/mol. The van der Waals surface area contributed by atoms with Crippen molar-refractivity contribution in [1.82, 2.24) is 0 Å². The summed E-state index contributed by atoms with van der Waals surface area (Å²) in [5.41, 5.74) is 5.85. The molecule has 0 aliphatic carbocycles. The van der Waals surface area contributed by atoms with Gasteiger partial charge in [0, 0.05) is 12.3 Å². The standard InChI is InChI=1S/C21H33N/c1-14(2)16-11-19(22-13-16)15-9-17(20(3,4)5)12-18(10-15)21(6,7)8/h9-10,12,14,16H,11,13H2,1-8H3. The maximum absolute atomic E-state index is 4.87. The maximum atomic E-state index is 4.87. The fraction of sp³-hybridized carbons (Fsp3) is 0.667. The molecule has 0 saturated carbocycles. The Morgan fingerprint density at radius 1 is 0.909 bits per heavy atom. The molecule has 0 radical (unpaired) electrons. The summed E-state index contributed by atoms with van der Waals surface area (Å²) < 4.78 is 0. The van der Waals surface area contributed by atoms with Crippen molar-refractivity contribution in [3.63, 3.8) is 0 Å². The summed E-state index contributed by atoms with van der Waals surface area (Å²) in [5, 5.41) is 0. The molecule has 0 saturated heterocycles. The van der Waals surface area contributed by atoms with E-state index in [1.54, 1.807) is 0 Å². The molecule has 1 nitrogen and oxygen atoms in total. The zero-order valence-electron chi connectivity index (χ0n) is 15.7. The van der Waals surface area contributed by atoms with E-state index in [0.29, 0.717) is 11.8 Å². The van der Waals surface area contributed by atoms with Crippen molar-refractivity contribution in [2.75, 3.05) is 6.54 Å². The van der Waals surface area contributed by atoms with E-state index in [2.05, 4.69) is 73.6 Å². The highest BCUT2D eigenvalue weighted by Crippen LogP contribution is 2.32. The summed E-state index contributed by atoms with van der Waals surface area (Å²) in [6, 6.07) is 7.13. The van der Waals surface area contributed by atoms with Gasteiger partial charge in [-0.25, -0.2) is 0 Å². The molecule has 2 rings (SSSR count). The van der Waals surface area contributed by atoms with Crippen molar-refractivity contribution in [2.24, 2.45) is 16.8 Å². The molecular weight excluding hydrogens is 266 g/mol. The molecule has 1 aromatic rings. The Morgan fingerprint density at radius 2 is 1.41 bits per heavy atom. The Kier molecular flexibility index (Phi) is 4.57. The van der Waals surface area contributed by atoms with Crippen LogP contribution in [0.3, 0.4) is 0 Å². The highest BCUT2D eigenvalue weighted by Gasteiger charge is 2.26. The summed E-state index contributed by atoms with van der Waals surface area (Å²) in [6.07, 6.45) is 1.13. The minimum Gasteiger partial charge on any atom is -0.289 e. The van der Waals surface area contributed by atoms with Gasteiger partial charge in [-0.3, -0.25) is 4.99 Å². The average molecular weight is 300 g/mol. The lowest BCUT2D eigenvalue weighted by Crippen LogP contribution is -2.18. The second-order valence-corrected chi connectivity index (χ2v) is 9.29. The van der Waals surface area contributed by atoms with Crippen molar-refractivity contribution in [3.8, 4) is 0 Å². The summed E-state index contributed by atoms with van der Waals surface area (Å²) >= 11 is 0. The van der Waals surface area contributed by atoms with Crippen molar-refractivity contribution in [1.29, 1.82) is 0 Å². The molecule has 0 fully saturated rings. The molecule has 0 aromatic heterocycles. The molecule has 0 spiro atoms. The van der Waals surface area contributed by atoms with Crippen molar-refractivity contribution < 1.29 is 0 Å². The monoisotopic (exact) mass is 299 g/mol. The van der Waals surface area contributed by atoms with Crippen molar-refractivity contribution in [2.45, 2.75) is 72.6 Å². The Balaban J connectivity index is 2.44. The SMILES string of the molecule is CC(C)C1CN=C(c2cc(C(C)(C)C)cc(C(C)(C)C)c2)C1. The molecule has 0 amide bonds. The zero-order chi connectivity index (χ0) is 16.7. The van der Waals surface area contributed by atoms with Crippen LogP contribution in [0.2, 0.25) is 0 Å². The molecule has 1 unspecified atom stereocenters. The lowest BCUT2D eigenvalue weighted by atomic mass is 9.78. The van der Waals surface area contributed by atoms with Crippen LogP contribution in [0.15, 0.2) is 23.2 Å². The van der Waals surface area contributed by atoms with Gasteiger partial charge in [0.2, 0.25) is 0 Å². The van der Waals surface area contributed by atoms with Crippen LogP contribution in [0.4, 0.5) is 0 Å². The Bertz CT molecular complexity index is 532. The lowest BCUT2D eigenvalue weighted by molar-refractivity contribution is 0.426. The molecule has 0 bridgehead atoms. The Hall–Kier alpha value is -1.11. The van der Waals surface area contributed by atoms with E-state index in [4.69, 9.17) is 4.99 Å². The Labute approximate surface area is 137 Å². The fourth-order valence-electron chi connectivity index (χ4n) is 2.92. The van der Waals surface area contributed by atoms with E-state index in [-0.39, 0.29) is 10.8 Å². The summed E-state index contributed by atoms with van der Waals surface area (Å²) in [7, 11) is 0. The van der Waals surface area contributed by atoms with E-state index in [1.165, 1.54) is 22.4 Å². The number of rotatable bonds is 2. The third-order valence-corrected chi connectivity index (χ3v) is 4.91. The molecule has 1 heterocycles. The maximum Gasteiger partial charge on any atom is 0.0427 e.